The van der Waals surface area contributed by atoms with E-state index in [4.69, 9.17) is 9.47 Å². The average Bonchev–Trinajstić information content (AvgIpc) is 3.63. The maximum absolute atomic E-state index is 12.4. The van der Waals surface area contributed by atoms with E-state index in [1.807, 2.05) is 24.7 Å². The number of carbonyl (C=O) groups excluding carboxylic acids is 2. The van der Waals surface area contributed by atoms with Crippen molar-refractivity contribution in [1.29, 1.82) is 0 Å². The lowest BCUT2D eigenvalue weighted by molar-refractivity contribution is -0.115. The Morgan fingerprint density at radius 2 is 1.88 bits per heavy atom. The molecule has 228 valence electrons. The molecule has 1 aromatic heterocycles. The van der Waals surface area contributed by atoms with Gasteiger partial charge in [-0.3, -0.25) is 9.59 Å². The first-order valence-corrected chi connectivity index (χ1v) is 17.7. The number of nitrogens with one attached hydrogen (secondary N) is 1. The standard InChI is InChI=1S/C34H41N3O4S2/c1-25(21-38)22-40-16-18-43-42-17-15-34(39)36-28-13-11-26(12-14-28)23-41-33(27-7-3-2-4-8-27)19-31-29-9-5-6-10-30(29)32-20-35-24-37(31)32/h5-6,9-14,20-21,24,27,31,33H,1-4,7-8,15-19,22-23H2,(H,36,39). The van der Waals surface area contributed by atoms with Gasteiger partial charge in [0.1, 0.15) is 6.29 Å². The Morgan fingerprint density at radius 1 is 1.09 bits per heavy atom. The SMILES string of the molecule is C=C(C=O)COCCSSCCC(=O)Nc1ccc(COC(CC2c3ccccc3-c3cncn32)C2CCCCC2)cc1. The number of fused-ring (bicyclic) bond motifs is 3. The van der Waals surface area contributed by atoms with Crippen LogP contribution in [0.3, 0.4) is 0 Å². The maximum Gasteiger partial charge on any atom is 0.225 e. The van der Waals surface area contributed by atoms with Crippen molar-refractivity contribution >= 4 is 39.5 Å². The van der Waals surface area contributed by atoms with Gasteiger partial charge in [0.05, 0.1) is 50.2 Å². The van der Waals surface area contributed by atoms with Gasteiger partial charge >= 0.3 is 0 Å². The maximum atomic E-state index is 12.4. The summed E-state index contributed by atoms with van der Waals surface area (Å²) in [6.45, 7) is 4.96. The van der Waals surface area contributed by atoms with Gasteiger partial charge in [-0.25, -0.2) is 4.98 Å². The summed E-state index contributed by atoms with van der Waals surface area (Å²) in [5.74, 6) is 2.09. The number of nitrogens with zero attached hydrogens (tertiary/aromatic N) is 2. The van der Waals surface area contributed by atoms with Crippen molar-refractivity contribution in [2.45, 2.75) is 63.7 Å². The van der Waals surface area contributed by atoms with Gasteiger partial charge in [0.25, 0.3) is 0 Å². The van der Waals surface area contributed by atoms with Gasteiger partial charge in [-0.05, 0) is 48.4 Å². The highest BCUT2D eigenvalue weighted by molar-refractivity contribution is 8.76. The highest BCUT2D eigenvalue weighted by atomic mass is 33.1. The lowest BCUT2D eigenvalue weighted by Crippen LogP contribution is -2.29. The molecule has 3 aromatic rings. The lowest BCUT2D eigenvalue weighted by atomic mass is 9.82. The monoisotopic (exact) mass is 619 g/mol. The molecule has 2 heterocycles. The molecule has 7 nitrogen and oxygen atoms in total. The Morgan fingerprint density at radius 3 is 2.70 bits per heavy atom. The molecule has 2 aromatic carbocycles. The van der Waals surface area contributed by atoms with E-state index in [1.54, 1.807) is 21.6 Å². The second-order valence-electron chi connectivity index (χ2n) is 11.2. The van der Waals surface area contributed by atoms with Crippen LogP contribution in [-0.2, 0) is 25.7 Å². The lowest BCUT2D eigenvalue weighted by Gasteiger charge is -2.32. The molecular formula is C34H41N3O4S2. The molecule has 1 N–H and O–H groups in total. The number of hydrogen-bond donors (Lipinski definition) is 1. The van der Waals surface area contributed by atoms with Gasteiger partial charge in [0.15, 0.2) is 0 Å². The van der Waals surface area contributed by atoms with Crippen LogP contribution in [0.1, 0.15) is 62.1 Å². The number of ether oxygens (including phenoxy) is 2. The molecule has 5 rings (SSSR count). The third-order valence-electron chi connectivity index (χ3n) is 8.19. The van der Waals surface area contributed by atoms with E-state index in [1.165, 1.54) is 48.9 Å². The first kappa shape index (κ1) is 31.6. The molecule has 9 heteroatoms. The Labute approximate surface area is 262 Å². The predicted molar refractivity (Wildman–Crippen MR) is 176 cm³/mol. The van der Waals surface area contributed by atoms with Crippen LogP contribution in [0.25, 0.3) is 11.3 Å². The first-order chi connectivity index (χ1) is 21.1. The van der Waals surface area contributed by atoms with Crippen molar-refractivity contribution in [3.8, 4) is 11.3 Å². The minimum atomic E-state index is 0.00344. The van der Waals surface area contributed by atoms with Crippen molar-refractivity contribution < 1.29 is 19.1 Å². The Bertz CT molecular complexity index is 1350. The number of rotatable bonds is 17. The molecule has 2 unspecified atom stereocenters. The number of benzene rings is 2. The van der Waals surface area contributed by atoms with Crippen molar-refractivity contribution in [2.24, 2.45) is 5.92 Å². The Hall–Kier alpha value is -2.85. The Kier molecular flexibility index (Phi) is 12.0. The molecule has 0 saturated heterocycles. The van der Waals surface area contributed by atoms with Crippen molar-refractivity contribution in [2.75, 3.05) is 30.0 Å². The van der Waals surface area contributed by atoms with Crippen LogP contribution in [0.2, 0.25) is 0 Å². The number of hydrogen-bond acceptors (Lipinski definition) is 7. The van der Waals surface area contributed by atoms with Crippen LogP contribution in [0.15, 0.2) is 73.2 Å². The number of aldehydes is 1. The van der Waals surface area contributed by atoms with Crippen molar-refractivity contribution in [3.05, 3.63) is 84.3 Å². The van der Waals surface area contributed by atoms with Crippen LogP contribution in [0, 0.1) is 5.92 Å². The molecule has 0 radical (unpaired) electrons. The zero-order chi connectivity index (χ0) is 29.9. The summed E-state index contributed by atoms with van der Waals surface area (Å²) in [5.41, 5.74) is 6.20. The van der Waals surface area contributed by atoms with E-state index in [0.29, 0.717) is 37.4 Å². The third kappa shape index (κ3) is 8.85. The van der Waals surface area contributed by atoms with Crippen molar-refractivity contribution in [1.82, 2.24) is 9.55 Å². The number of aromatic nitrogens is 2. The van der Waals surface area contributed by atoms with Gasteiger partial charge in [0.2, 0.25) is 5.91 Å². The van der Waals surface area contributed by atoms with Crippen molar-refractivity contribution in [3.63, 3.8) is 0 Å². The second kappa shape index (κ2) is 16.3. The molecule has 1 aliphatic heterocycles. The molecule has 1 aliphatic carbocycles. The van der Waals surface area contributed by atoms with E-state index >= 15 is 0 Å². The van der Waals surface area contributed by atoms with Gasteiger partial charge in [0, 0.05) is 34.8 Å². The van der Waals surface area contributed by atoms with Gasteiger partial charge in [-0.1, -0.05) is 83.8 Å². The van der Waals surface area contributed by atoms with Crippen LogP contribution < -0.4 is 5.32 Å². The zero-order valence-corrected chi connectivity index (χ0v) is 26.3. The molecular weight excluding hydrogens is 579 g/mol. The summed E-state index contributed by atoms with van der Waals surface area (Å²) in [7, 11) is 3.31. The number of amides is 1. The molecule has 1 amide bonds. The van der Waals surface area contributed by atoms with Gasteiger partial charge in [-0.15, -0.1) is 0 Å². The van der Waals surface area contributed by atoms with E-state index in [2.05, 4.69) is 57.8 Å². The Balaban J connectivity index is 1.08. The zero-order valence-electron chi connectivity index (χ0n) is 24.6. The molecule has 2 aliphatic rings. The second-order valence-corrected chi connectivity index (χ2v) is 13.9. The fourth-order valence-corrected chi connectivity index (χ4v) is 7.84. The highest BCUT2D eigenvalue weighted by Crippen LogP contribution is 2.43. The molecule has 1 saturated carbocycles. The number of carbonyl (C=O) groups is 2. The molecule has 2 atom stereocenters. The summed E-state index contributed by atoms with van der Waals surface area (Å²) in [5, 5.41) is 3.00. The van der Waals surface area contributed by atoms with Crippen LogP contribution in [0.5, 0.6) is 0 Å². The van der Waals surface area contributed by atoms with E-state index in [0.717, 1.165) is 29.2 Å². The van der Waals surface area contributed by atoms with E-state index < -0.39 is 0 Å². The summed E-state index contributed by atoms with van der Waals surface area (Å²) >= 11 is 0. The molecule has 43 heavy (non-hydrogen) atoms. The van der Waals surface area contributed by atoms with E-state index in [-0.39, 0.29) is 24.7 Å². The summed E-state index contributed by atoms with van der Waals surface area (Å²) < 4.78 is 14.4. The highest BCUT2D eigenvalue weighted by Gasteiger charge is 2.33. The fourth-order valence-electron chi connectivity index (χ4n) is 5.99. The van der Waals surface area contributed by atoms with Crippen LogP contribution >= 0.6 is 21.6 Å². The normalized spacial score (nSPS) is 16.8. The summed E-state index contributed by atoms with van der Waals surface area (Å²) in [6.07, 6.45) is 12.5. The number of imidazole rings is 1. The van der Waals surface area contributed by atoms with Crippen LogP contribution in [-0.4, -0.2) is 52.6 Å². The molecule has 1 fully saturated rings. The quantitative estimate of drug-likeness (QED) is 0.0726. The third-order valence-corrected chi connectivity index (χ3v) is 10.6. The van der Waals surface area contributed by atoms with Gasteiger partial charge < -0.3 is 19.4 Å². The molecule has 0 spiro atoms. The van der Waals surface area contributed by atoms with Crippen LogP contribution in [0.4, 0.5) is 5.69 Å². The number of anilines is 1. The minimum absolute atomic E-state index is 0.00344. The fraction of sp³-hybridized carbons (Fsp3) is 0.441. The minimum Gasteiger partial charge on any atom is -0.376 e. The molecule has 0 bridgehead atoms. The van der Waals surface area contributed by atoms with Gasteiger partial charge in [-0.2, -0.15) is 0 Å². The largest absolute Gasteiger partial charge is 0.376 e. The summed E-state index contributed by atoms with van der Waals surface area (Å²) in [4.78, 5) is 27.4. The predicted octanol–water partition coefficient (Wildman–Crippen LogP) is 7.49. The van der Waals surface area contributed by atoms with E-state index in [9.17, 15) is 9.59 Å². The average molecular weight is 620 g/mol. The smallest absolute Gasteiger partial charge is 0.225 e. The topological polar surface area (TPSA) is 82.5 Å². The first-order valence-electron chi connectivity index (χ1n) is 15.2. The summed E-state index contributed by atoms with van der Waals surface area (Å²) in [6, 6.07) is 17.0.